The molecule has 0 radical (unpaired) electrons. The van der Waals surface area contributed by atoms with Gasteiger partial charge in [0.2, 0.25) is 0 Å². The molecule has 3 rings (SSSR count). The van der Waals surface area contributed by atoms with Crippen molar-refractivity contribution in [2.24, 2.45) is 4.99 Å². The molecule has 7 nitrogen and oxygen atoms in total. The second kappa shape index (κ2) is 5.63. The van der Waals surface area contributed by atoms with Crippen molar-refractivity contribution in [2.75, 3.05) is 13.1 Å². The Bertz CT molecular complexity index is 418. The zero-order chi connectivity index (χ0) is 14.3. The van der Waals surface area contributed by atoms with Crippen molar-refractivity contribution in [3.8, 4) is 0 Å². The number of hydrogen-bond donors (Lipinski definition) is 4. The zero-order valence-corrected chi connectivity index (χ0v) is 11.7. The van der Waals surface area contributed by atoms with Gasteiger partial charge < -0.3 is 25.1 Å². The number of fused-ring (bicyclic) bond motifs is 1. The molecule has 8 heteroatoms. The largest absolute Gasteiger partial charge is 0.388 e. The van der Waals surface area contributed by atoms with Crippen molar-refractivity contribution in [3.63, 3.8) is 0 Å². The van der Waals surface area contributed by atoms with Crippen LogP contribution >= 0.6 is 11.8 Å². The summed E-state index contributed by atoms with van der Waals surface area (Å²) in [4.78, 5) is 6.61. The highest BCUT2D eigenvalue weighted by atomic mass is 32.2. The monoisotopic (exact) mass is 301 g/mol. The van der Waals surface area contributed by atoms with Gasteiger partial charge in [0.25, 0.3) is 0 Å². The normalized spacial score (nSPS) is 41.6. The van der Waals surface area contributed by atoms with Gasteiger partial charge in [0.15, 0.2) is 5.17 Å². The fraction of sp³-hybridized carbons (Fsp3) is 0.750. The second-order valence-corrected chi connectivity index (χ2v) is 6.27. The first-order valence-corrected chi connectivity index (χ1v) is 7.57. The fourth-order valence-electron chi connectivity index (χ4n) is 2.59. The Labute approximate surface area is 121 Å². The highest BCUT2D eigenvalue weighted by Crippen LogP contribution is 2.39. The summed E-state index contributed by atoms with van der Waals surface area (Å²) in [5.41, 5.74) is 1.69. The molecule has 0 aromatic rings. The molecule has 0 spiro atoms. The molecule has 0 saturated carbocycles. The number of thioether (sulfide) groups is 1. The SMILES string of the molecule is C=C[C@H](NO)[C@H]1O[C@@H]2SC(N3CCC3)=N[C@@H]2[C@@H](O)[C@@H]1O. The summed E-state index contributed by atoms with van der Waals surface area (Å²) in [6, 6.07) is -1.11. The van der Waals surface area contributed by atoms with Crippen LogP contribution in [0.2, 0.25) is 0 Å². The summed E-state index contributed by atoms with van der Waals surface area (Å²) < 4.78 is 5.80. The Morgan fingerprint density at radius 2 is 2.20 bits per heavy atom. The first kappa shape index (κ1) is 14.3. The summed E-state index contributed by atoms with van der Waals surface area (Å²) in [5, 5.41) is 30.3. The standard InChI is InChI=1S/C12H19N3O4S/c1-2-6(14-18)10-9(17)8(16)7-11(19-10)20-12(13-7)15-4-3-5-15/h2,6-11,14,16-18H,1,3-5H2/t6-,7+,8+,9-,10+,11+/m0/s1. The summed E-state index contributed by atoms with van der Waals surface area (Å²) >= 11 is 1.47. The quantitative estimate of drug-likeness (QED) is 0.398. The van der Waals surface area contributed by atoms with Crippen LogP contribution < -0.4 is 5.48 Å². The van der Waals surface area contributed by atoms with E-state index in [4.69, 9.17) is 9.94 Å². The van der Waals surface area contributed by atoms with Crippen LogP contribution in [0.5, 0.6) is 0 Å². The Hall–Kier alpha value is -0.640. The molecule has 2 fully saturated rings. The average molecular weight is 301 g/mol. The van der Waals surface area contributed by atoms with Crippen molar-refractivity contribution < 1.29 is 20.2 Å². The van der Waals surface area contributed by atoms with Crippen LogP contribution in [0.3, 0.4) is 0 Å². The first-order valence-electron chi connectivity index (χ1n) is 6.69. The number of aliphatic hydroxyl groups excluding tert-OH is 2. The maximum atomic E-state index is 10.2. The van der Waals surface area contributed by atoms with E-state index in [2.05, 4.69) is 16.5 Å². The van der Waals surface area contributed by atoms with Gasteiger partial charge in [-0.05, 0) is 6.42 Å². The van der Waals surface area contributed by atoms with Crippen molar-refractivity contribution in [1.29, 1.82) is 0 Å². The van der Waals surface area contributed by atoms with Gasteiger partial charge in [0.1, 0.15) is 29.8 Å². The average Bonchev–Trinajstić information content (AvgIpc) is 2.78. The summed E-state index contributed by atoms with van der Waals surface area (Å²) in [6.07, 6.45) is -0.305. The third kappa shape index (κ3) is 2.26. The van der Waals surface area contributed by atoms with Crippen molar-refractivity contribution in [2.45, 2.75) is 42.3 Å². The van der Waals surface area contributed by atoms with E-state index in [1.807, 2.05) is 5.48 Å². The highest BCUT2D eigenvalue weighted by molar-refractivity contribution is 8.14. The molecule has 0 aromatic heterocycles. The molecule has 0 amide bonds. The number of rotatable bonds is 3. The summed E-state index contributed by atoms with van der Waals surface area (Å²) in [6.45, 7) is 5.52. The molecule has 0 bridgehead atoms. The highest BCUT2D eigenvalue weighted by Gasteiger charge is 2.50. The van der Waals surface area contributed by atoms with Gasteiger partial charge in [-0.2, -0.15) is 5.48 Å². The van der Waals surface area contributed by atoms with Gasteiger partial charge in [0, 0.05) is 13.1 Å². The van der Waals surface area contributed by atoms with Crippen LogP contribution in [0, 0.1) is 0 Å². The summed E-state index contributed by atoms with van der Waals surface area (Å²) in [7, 11) is 0. The lowest BCUT2D eigenvalue weighted by Gasteiger charge is -2.40. The molecular formula is C12H19N3O4S. The van der Waals surface area contributed by atoms with Gasteiger partial charge in [-0.3, -0.25) is 4.99 Å². The van der Waals surface area contributed by atoms with Crippen molar-refractivity contribution >= 4 is 16.9 Å². The third-order valence-electron chi connectivity index (χ3n) is 3.97. The van der Waals surface area contributed by atoms with Gasteiger partial charge in [0.05, 0.1) is 6.04 Å². The van der Waals surface area contributed by atoms with E-state index in [1.165, 1.54) is 17.8 Å². The molecule has 0 aromatic carbocycles. The predicted molar refractivity (Wildman–Crippen MR) is 74.6 cm³/mol. The van der Waals surface area contributed by atoms with Gasteiger partial charge >= 0.3 is 0 Å². The maximum Gasteiger partial charge on any atom is 0.162 e. The maximum absolute atomic E-state index is 10.2. The number of hydrogen-bond acceptors (Lipinski definition) is 8. The van der Waals surface area contributed by atoms with Crippen molar-refractivity contribution in [1.82, 2.24) is 10.4 Å². The number of aliphatic hydroxyl groups is 2. The van der Waals surface area contributed by atoms with E-state index >= 15 is 0 Å². The lowest BCUT2D eigenvalue weighted by molar-refractivity contribution is -0.165. The van der Waals surface area contributed by atoms with Crippen LogP contribution in [-0.2, 0) is 4.74 Å². The Morgan fingerprint density at radius 3 is 2.75 bits per heavy atom. The molecule has 3 aliphatic rings. The van der Waals surface area contributed by atoms with Crippen LogP contribution in [0.25, 0.3) is 0 Å². The minimum Gasteiger partial charge on any atom is -0.388 e. The van der Waals surface area contributed by atoms with Gasteiger partial charge in [-0.1, -0.05) is 17.8 Å². The Balaban J connectivity index is 1.74. The molecule has 3 heterocycles. The Kier molecular flexibility index (Phi) is 4.02. The minimum atomic E-state index is -1.13. The minimum absolute atomic E-state index is 0.343. The van der Waals surface area contributed by atoms with Crippen LogP contribution in [0.15, 0.2) is 17.6 Å². The molecular weight excluding hydrogens is 282 g/mol. The van der Waals surface area contributed by atoms with Gasteiger partial charge in [-0.15, -0.1) is 6.58 Å². The molecule has 6 atom stereocenters. The molecule has 20 heavy (non-hydrogen) atoms. The number of hydroxylamine groups is 1. The lowest BCUT2D eigenvalue weighted by Crippen LogP contribution is -2.60. The van der Waals surface area contributed by atoms with Crippen LogP contribution in [0.4, 0.5) is 0 Å². The topological polar surface area (TPSA) is 97.5 Å². The van der Waals surface area contributed by atoms with E-state index in [1.54, 1.807) is 0 Å². The Morgan fingerprint density at radius 1 is 1.45 bits per heavy atom. The molecule has 2 saturated heterocycles. The molecule has 0 unspecified atom stereocenters. The fourth-order valence-corrected chi connectivity index (χ4v) is 3.86. The van der Waals surface area contributed by atoms with Crippen LogP contribution in [0.1, 0.15) is 6.42 Å². The third-order valence-corrected chi connectivity index (χ3v) is 5.17. The van der Waals surface area contributed by atoms with E-state index in [9.17, 15) is 10.2 Å². The number of amidine groups is 1. The molecule has 3 aliphatic heterocycles. The smallest absolute Gasteiger partial charge is 0.162 e. The van der Waals surface area contributed by atoms with E-state index in [0.717, 1.165) is 24.7 Å². The van der Waals surface area contributed by atoms with Gasteiger partial charge in [-0.25, -0.2) is 0 Å². The first-order chi connectivity index (χ1) is 9.65. The number of ether oxygens (including phenoxy) is 1. The number of nitrogens with zero attached hydrogens (tertiary/aromatic N) is 2. The number of likely N-dealkylation sites (tertiary alicyclic amines) is 1. The molecule has 0 aliphatic carbocycles. The second-order valence-electron chi connectivity index (χ2n) is 5.20. The predicted octanol–water partition coefficient (Wildman–Crippen LogP) is -0.856. The summed E-state index contributed by atoms with van der Waals surface area (Å²) in [5.74, 6) is 0. The number of nitrogens with one attached hydrogen (secondary N) is 1. The van der Waals surface area contributed by atoms with Crippen molar-refractivity contribution in [3.05, 3.63) is 12.7 Å². The van der Waals surface area contributed by atoms with E-state index < -0.39 is 30.4 Å². The van der Waals surface area contributed by atoms with E-state index in [0.29, 0.717) is 0 Å². The lowest BCUT2D eigenvalue weighted by atomic mass is 9.94. The zero-order valence-electron chi connectivity index (χ0n) is 10.9. The molecule has 112 valence electrons. The molecule has 4 N–H and O–H groups in total. The number of aliphatic imine (C=N–C) groups is 1. The van der Waals surface area contributed by atoms with Crippen LogP contribution in [-0.4, -0.2) is 74.4 Å². The van der Waals surface area contributed by atoms with E-state index in [-0.39, 0.29) is 5.44 Å².